The molecule has 3 heterocycles. The van der Waals surface area contributed by atoms with Crippen molar-refractivity contribution in [3.05, 3.63) is 164 Å². The molecule has 8 aromatic carbocycles. The fraction of sp³-hybridized carbons (Fsp3) is 0. The number of benzene rings is 8. The van der Waals surface area contributed by atoms with Gasteiger partial charge in [0.25, 0.3) is 0 Å². The van der Waals surface area contributed by atoms with Gasteiger partial charge in [0.2, 0.25) is 0 Å². The Morgan fingerprint density at radius 2 is 0.735 bits per heavy atom. The second-order valence-corrected chi connectivity index (χ2v) is 13.6. The van der Waals surface area contributed by atoms with Crippen molar-refractivity contribution in [1.29, 1.82) is 0 Å². The summed E-state index contributed by atoms with van der Waals surface area (Å²) in [6.45, 7) is -0.00752. The zero-order valence-electron chi connectivity index (χ0n) is 26.6. The molecule has 3 heteroatoms. The first-order valence-corrected chi connectivity index (χ1v) is 17.1. The number of hydrogen-bond acceptors (Lipinski definition) is 2. The highest BCUT2D eigenvalue weighted by molar-refractivity contribution is 6.87. The van der Waals surface area contributed by atoms with Crippen LogP contribution in [0.2, 0.25) is 0 Å². The molecule has 2 nitrogen and oxygen atoms in total. The first-order valence-electron chi connectivity index (χ1n) is 17.1. The summed E-state index contributed by atoms with van der Waals surface area (Å²) in [6.07, 6.45) is 0. The molecule has 12 rings (SSSR count). The first-order chi connectivity index (χ1) is 24.3. The maximum atomic E-state index is 2.64. The van der Waals surface area contributed by atoms with Gasteiger partial charge in [0.15, 0.2) is 0 Å². The van der Waals surface area contributed by atoms with E-state index in [1.54, 1.807) is 0 Å². The van der Waals surface area contributed by atoms with Crippen LogP contribution in [0.4, 0.5) is 22.7 Å². The number of rotatable bonds is 2. The molecule has 224 valence electrons. The van der Waals surface area contributed by atoms with Gasteiger partial charge in [0.1, 0.15) is 0 Å². The molecule has 0 saturated heterocycles. The molecule has 4 aliphatic rings. The van der Waals surface area contributed by atoms with Crippen molar-refractivity contribution in [2.75, 3.05) is 9.62 Å². The second-order valence-electron chi connectivity index (χ2n) is 13.6. The largest absolute Gasteiger partial charge is 0.421 e. The quantitative estimate of drug-likeness (QED) is 0.178. The summed E-state index contributed by atoms with van der Waals surface area (Å²) < 4.78 is 0. The van der Waals surface area contributed by atoms with E-state index in [1.165, 1.54) is 106 Å². The van der Waals surface area contributed by atoms with E-state index in [2.05, 4.69) is 173 Å². The fourth-order valence-corrected chi connectivity index (χ4v) is 9.28. The fourth-order valence-electron chi connectivity index (χ4n) is 9.28. The number of hydrogen-bond donors (Lipinski definition) is 0. The molecular weight excluding hydrogens is 591 g/mol. The minimum Gasteiger partial charge on any atom is -0.360 e. The lowest BCUT2D eigenvalue weighted by Crippen LogP contribution is -2.63. The lowest BCUT2D eigenvalue weighted by Gasteiger charge is -2.51. The average Bonchev–Trinajstić information content (AvgIpc) is 3.51. The average molecular weight is 619 g/mol. The second kappa shape index (κ2) is 9.18. The molecule has 0 saturated carbocycles. The van der Waals surface area contributed by atoms with Gasteiger partial charge in [-0.05, 0) is 97.5 Å². The highest BCUT2D eigenvalue weighted by Gasteiger charge is 2.50. The van der Waals surface area contributed by atoms with Gasteiger partial charge in [-0.2, -0.15) is 0 Å². The van der Waals surface area contributed by atoms with E-state index < -0.39 is 0 Å². The Morgan fingerprint density at radius 1 is 0.286 bits per heavy atom. The molecule has 3 aliphatic heterocycles. The Morgan fingerprint density at radius 3 is 1.24 bits per heavy atom. The lowest BCUT2D eigenvalue weighted by atomic mass is 9.52. The molecule has 49 heavy (non-hydrogen) atoms. The predicted molar refractivity (Wildman–Crippen MR) is 206 cm³/mol. The van der Waals surface area contributed by atoms with Crippen LogP contribution in [0.25, 0.3) is 77.5 Å². The van der Waals surface area contributed by atoms with Crippen LogP contribution < -0.4 is 15.1 Å². The smallest absolute Gasteiger partial charge is 0.360 e. The minimum atomic E-state index is -0.00752. The van der Waals surface area contributed by atoms with E-state index in [0.29, 0.717) is 0 Å². The van der Waals surface area contributed by atoms with Gasteiger partial charge in [-0.1, -0.05) is 127 Å². The maximum Gasteiger partial charge on any atom is 0.421 e. The molecule has 0 spiro atoms. The molecule has 0 fully saturated rings. The summed E-state index contributed by atoms with van der Waals surface area (Å²) in [5.41, 5.74) is 21.9. The van der Waals surface area contributed by atoms with Crippen LogP contribution in [0.5, 0.6) is 0 Å². The Labute approximate surface area is 285 Å². The van der Waals surface area contributed by atoms with Crippen LogP contribution in [0.1, 0.15) is 0 Å². The Kier molecular flexibility index (Phi) is 4.82. The number of anilines is 4. The molecule has 0 aromatic heterocycles. The molecule has 0 unspecified atom stereocenters. The predicted octanol–water partition coefficient (Wildman–Crippen LogP) is 11.5. The molecule has 0 N–H and O–H groups in total. The lowest BCUT2D eigenvalue weighted by molar-refractivity contribution is 1.26. The van der Waals surface area contributed by atoms with Crippen LogP contribution in [-0.2, 0) is 0 Å². The van der Waals surface area contributed by atoms with Crippen LogP contribution in [0, 0.1) is 0 Å². The van der Waals surface area contributed by atoms with Crippen molar-refractivity contribution in [3.8, 4) is 66.8 Å². The molecule has 1 aliphatic carbocycles. The summed E-state index contributed by atoms with van der Waals surface area (Å²) in [6, 6.07) is 61.1. The molecule has 0 atom stereocenters. The van der Waals surface area contributed by atoms with Crippen molar-refractivity contribution in [3.63, 3.8) is 0 Å². The molecular formula is C46H27BN2. The summed E-state index contributed by atoms with van der Waals surface area (Å²) in [7, 11) is 0. The third-order valence-corrected chi connectivity index (χ3v) is 11.3. The van der Waals surface area contributed by atoms with E-state index in [-0.39, 0.29) is 6.98 Å². The summed E-state index contributed by atoms with van der Waals surface area (Å²) >= 11 is 0. The van der Waals surface area contributed by atoms with Crippen molar-refractivity contribution in [1.82, 2.24) is 0 Å². The summed E-state index contributed by atoms with van der Waals surface area (Å²) in [4.78, 5) is 5.28. The number of nitrogens with zero attached hydrogens (tertiary/aromatic N) is 2. The van der Waals surface area contributed by atoms with E-state index in [4.69, 9.17) is 0 Å². The van der Waals surface area contributed by atoms with Crippen LogP contribution in [0.15, 0.2) is 164 Å². The van der Waals surface area contributed by atoms with Gasteiger partial charge in [0.05, 0.1) is 0 Å². The Balaban J connectivity index is 1.21. The van der Waals surface area contributed by atoms with E-state index in [1.807, 2.05) is 0 Å². The van der Waals surface area contributed by atoms with Crippen LogP contribution in [0.3, 0.4) is 0 Å². The zero-order valence-corrected chi connectivity index (χ0v) is 26.6. The SMILES string of the molecule is c1ccc(-c2ccc3c(c2)-c2cccc4c2B2N3c3ccc5c6c(ccc(c36)N2c2ccc(-c3ccccc3)cc2-4)-c2ccccc2-5)cc1. The highest BCUT2D eigenvalue weighted by atomic mass is 15.3. The third kappa shape index (κ3) is 3.22. The van der Waals surface area contributed by atoms with Gasteiger partial charge in [0, 0.05) is 44.6 Å². The topological polar surface area (TPSA) is 6.48 Å². The molecule has 0 radical (unpaired) electrons. The van der Waals surface area contributed by atoms with E-state index in [0.717, 1.165) is 0 Å². The molecule has 8 aromatic rings. The maximum absolute atomic E-state index is 2.64. The van der Waals surface area contributed by atoms with Gasteiger partial charge in [-0.15, -0.1) is 0 Å². The van der Waals surface area contributed by atoms with E-state index in [9.17, 15) is 0 Å². The third-order valence-electron chi connectivity index (χ3n) is 11.3. The zero-order chi connectivity index (χ0) is 31.8. The molecule has 0 amide bonds. The van der Waals surface area contributed by atoms with E-state index >= 15 is 0 Å². The van der Waals surface area contributed by atoms with Gasteiger partial charge in [-0.3, -0.25) is 0 Å². The van der Waals surface area contributed by atoms with Gasteiger partial charge in [-0.25, -0.2) is 0 Å². The normalized spacial score (nSPS) is 13.6. The summed E-state index contributed by atoms with van der Waals surface area (Å²) in [5, 5.41) is 2.70. The Hall–Kier alpha value is -6.32. The molecule has 0 bridgehead atoms. The van der Waals surface area contributed by atoms with Crippen molar-refractivity contribution in [2.45, 2.75) is 0 Å². The van der Waals surface area contributed by atoms with Gasteiger partial charge < -0.3 is 9.62 Å². The highest BCUT2D eigenvalue weighted by Crippen LogP contribution is 2.59. The first kappa shape index (κ1) is 25.7. The van der Waals surface area contributed by atoms with Crippen molar-refractivity contribution < 1.29 is 0 Å². The monoisotopic (exact) mass is 618 g/mol. The van der Waals surface area contributed by atoms with Gasteiger partial charge >= 0.3 is 6.98 Å². The van der Waals surface area contributed by atoms with Crippen LogP contribution >= 0.6 is 0 Å². The van der Waals surface area contributed by atoms with Crippen LogP contribution in [-0.4, -0.2) is 6.98 Å². The summed E-state index contributed by atoms with van der Waals surface area (Å²) in [5.74, 6) is 0. The standard InChI is InChI=1S/C46H27BN2/c1-3-10-28(11-4-1)30-18-22-40-38(26-30)36-16-9-17-37-39-27-31(29-12-5-2-6-13-29)19-23-41(39)49-43-25-21-35-33-15-8-7-14-32(33)34-20-24-42(45(43)44(34)35)48(40)47(49)46(36)37/h1-27H. The van der Waals surface area contributed by atoms with Crippen molar-refractivity contribution in [2.24, 2.45) is 0 Å². The minimum absolute atomic E-state index is 0.00752. The number of fused-ring (bicyclic) bond motifs is 11. The Bertz CT molecular complexity index is 2550. The van der Waals surface area contributed by atoms with Crippen molar-refractivity contribution >= 4 is 46.0 Å².